The molecule has 0 radical (unpaired) electrons. The molecule has 5 rings (SSSR count). The van der Waals surface area contributed by atoms with Gasteiger partial charge in [-0.15, -0.1) is 0 Å². The number of fused-ring (bicyclic) bond motifs is 1. The number of benzene rings is 2. The molecule has 40 heavy (non-hydrogen) atoms. The summed E-state index contributed by atoms with van der Waals surface area (Å²) in [5.41, 5.74) is 5.41. The maximum atomic E-state index is 13.0. The van der Waals surface area contributed by atoms with Gasteiger partial charge in [-0.3, -0.25) is 9.59 Å². The highest BCUT2D eigenvalue weighted by atomic mass is 19.4. The lowest BCUT2D eigenvalue weighted by Crippen LogP contribution is -2.43. The summed E-state index contributed by atoms with van der Waals surface area (Å²) in [5, 5.41) is 7.12. The molecular formula is C30H35F3N2O5. The van der Waals surface area contributed by atoms with Crippen LogP contribution in [0, 0.1) is 5.41 Å². The van der Waals surface area contributed by atoms with Crippen LogP contribution in [0.3, 0.4) is 0 Å². The van der Waals surface area contributed by atoms with E-state index in [1.54, 1.807) is 0 Å². The fraction of sp³-hybridized carbons (Fsp3) is 0.500. The largest absolute Gasteiger partial charge is 0.490 e. The van der Waals surface area contributed by atoms with Crippen molar-refractivity contribution >= 4 is 17.8 Å². The van der Waals surface area contributed by atoms with Crippen molar-refractivity contribution in [1.29, 1.82) is 0 Å². The third-order valence-electron chi connectivity index (χ3n) is 8.15. The van der Waals surface area contributed by atoms with Crippen molar-refractivity contribution in [2.75, 3.05) is 26.7 Å². The van der Waals surface area contributed by atoms with Crippen molar-refractivity contribution in [2.24, 2.45) is 5.41 Å². The number of methoxy groups -OCH3 is 1. The summed E-state index contributed by atoms with van der Waals surface area (Å²) in [5.74, 6) is -3.21. The second kappa shape index (κ2) is 12.0. The molecule has 2 fully saturated rings. The van der Waals surface area contributed by atoms with Crippen LogP contribution < -0.4 is 0 Å². The van der Waals surface area contributed by atoms with Gasteiger partial charge < -0.3 is 19.6 Å². The minimum atomic E-state index is -5.08. The van der Waals surface area contributed by atoms with Gasteiger partial charge >= 0.3 is 18.1 Å². The van der Waals surface area contributed by atoms with Crippen LogP contribution in [0.2, 0.25) is 0 Å². The third-order valence-corrected chi connectivity index (χ3v) is 8.15. The van der Waals surface area contributed by atoms with Crippen molar-refractivity contribution in [3.63, 3.8) is 0 Å². The lowest BCUT2D eigenvalue weighted by molar-refractivity contribution is -0.192. The first-order valence-electron chi connectivity index (χ1n) is 13.6. The predicted octanol–water partition coefficient (Wildman–Crippen LogP) is 4.85. The van der Waals surface area contributed by atoms with E-state index in [0.29, 0.717) is 25.9 Å². The first-order valence-corrected chi connectivity index (χ1v) is 13.6. The summed E-state index contributed by atoms with van der Waals surface area (Å²) in [6, 6.07) is 16.3. The number of alkyl halides is 3. The topological polar surface area (TPSA) is 87.2 Å². The van der Waals surface area contributed by atoms with Crippen LogP contribution in [-0.2, 0) is 38.5 Å². The lowest BCUT2D eigenvalue weighted by atomic mass is 9.93. The number of hydrogen-bond acceptors (Lipinski definition) is 5. The molecule has 0 aromatic heterocycles. The molecule has 7 nitrogen and oxygen atoms in total. The maximum absolute atomic E-state index is 13.0. The van der Waals surface area contributed by atoms with Crippen molar-refractivity contribution in [3.8, 4) is 11.1 Å². The molecule has 1 atom stereocenters. The van der Waals surface area contributed by atoms with Gasteiger partial charge in [0, 0.05) is 25.7 Å². The van der Waals surface area contributed by atoms with Gasteiger partial charge in [0.15, 0.2) is 0 Å². The zero-order chi connectivity index (χ0) is 29.1. The summed E-state index contributed by atoms with van der Waals surface area (Å²) in [4.78, 5) is 38.4. The lowest BCUT2D eigenvalue weighted by Gasteiger charge is -2.31. The number of carboxylic acids is 1. The highest BCUT2D eigenvalue weighted by Crippen LogP contribution is 2.48. The van der Waals surface area contributed by atoms with Crippen LogP contribution >= 0.6 is 0 Å². The number of rotatable bonds is 6. The SMILES string of the molecule is COC(=O)C1(C(=O)N2CCc3cc(-c4ccc(CCN5CCCC5C)cc4)ccc3C2)CC1.O=C(O)C(F)(F)F. The molecule has 10 heteroatoms. The van der Waals surface area contributed by atoms with E-state index in [1.165, 1.54) is 54.3 Å². The molecule has 2 aromatic carbocycles. The zero-order valence-electron chi connectivity index (χ0n) is 22.8. The molecule has 1 N–H and O–H groups in total. The molecule has 1 saturated heterocycles. The number of esters is 1. The minimum absolute atomic E-state index is 0.0667. The van der Waals surface area contributed by atoms with Crippen LogP contribution in [0.25, 0.3) is 11.1 Å². The first-order chi connectivity index (χ1) is 18.9. The van der Waals surface area contributed by atoms with Crippen LogP contribution in [-0.4, -0.2) is 71.7 Å². The first kappa shape index (κ1) is 29.6. The highest BCUT2D eigenvalue weighted by Gasteiger charge is 2.59. The van der Waals surface area contributed by atoms with E-state index >= 15 is 0 Å². The van der Waals surface area contributed by atoms with E-state index in [4.69, 9.17) is 14.6 Å². The van der Waals surface area contributed by atoms with Crippen molar-refractivity contribution in [1.82, 2.24) is 9.80 Å². The van der Waals surface area contributed by atoms with Crippen LogP contribution in [0.15, 0.2) is 42.5 Å². The van der Waals surface area contributed by atoms with Gasteiger partial charge in [0.25, 0.3) is 0 Å². The molecule has 1 saturated carbocycles. The maximum Gasteiger partial charge on any atom is 0.490 e. The summed E-state index contributed by atoms with van der Waals surface area (Å²) in [7, 11) is 1.36. The van der Waals surface area contributed by atoms with Gasteiger partial charge in [0.05, 0.1) is 7.11 Å². The summed E-state index contributed by atoms with van der Waals surface area (Å²) >= 11 is 0. The molecular weight excluding hydrogens is 525 g/mol. The highest BCUT2D eigenvalue weighted by molar-refractivity contribution is 6.05. The predicted molar refractivity (Wildman–Crippen MR) is 142 cm³/mol. The Morgan fingerprint density at radius 3 is 2.23 bits per heavy atom. The fourth-order valence-electron chi connectivity index (χ4n) is 5.50. The van der Waals surface area contributed by atoms with Gasteiger partial charge in [0.1, 0.15) is 5.41 Å². The third kappa shape index (κ3) is 6.66. The number of amides is 1. The molecule has 216 valence electrons. The smallest absolute Gasteiger partial charge is 0.475 e. The Morgan fingerprint density at radius 2 is 1.68 bits per heavy atom. The Hall–Kier alpha value is -3.40. The average Bonchev–Trinajstić information content (AvgIpc) is 3.66. The van der Waals surface area contributed by atoms with E-state index in [9.17, 15) is 22.8 Å². The Kier molecular flexibility index (Phi) is 8.87. The second-order valence-corrected chi connectivity index (χ2v) is 10.8. The normalized spacial score (nSPS) is 19.7. The molecule has 1 amide bonds. The molecule has 3 aliphatic rings. The molecule has 2 aliphatic heterocycles. The minimum Gasteiger partial charge on any atom is -0.475 e. The van der Waals surface area contributed by atoms with E-state index in [-0.39, 0.29) is 11.9 Å². The molecule has 1 unspecified atom stereocenters. The molecule has 2 aromatic rings. The van der Waals surface area contributed by atoms with Crippen LogP contribution in [0.1, 0.15) is 49.3 Å². The number of ether oxygens (including phenoxy) is 1. The van der Waals surface area contributed by atoms with E-state index < -0.39 is 17.6 Å². The number of carbonyl (C=O) groups is 3. The number of carbonyl (C=O) groups excluding carboxylic acids is 2. The van der Waals surface area contributed by atoms with Gasteiger partial charge in [-0.1, -0.05) is 42.5 Å². The molecule has 0 spiro atoms. The average molecular weight is 561 g/mol. The van der Waals surface area contributed by atoms with E-state index in [0.717, 1.165) is 25.4 Å². The number of halogens is 3. The monoisotopic (exact) mass is 560 g/mol. The number of carboxylic acid groups (broad SMARTS) is 1. The van der Waals surface area contributed by atoms with Gasteiger partial charge in [-0.2, -0.15) is 13.2 Å². The zero-order valence-corrected chi connectivity index (χ0v) is 22.8. The summed E-state index contributed by atoms with van der Waals surface area (Å²) < 4.78 is 36.6. The Balaban J connectivity index is 0.000000470. The van der Waals surface area contributed by atoms with Crippen LogP contribution in [0.4, 0.5) is 13.2 Å². The van der Waals surface area contributed by atoms with Crippen molar-refractivity contribution in [2.45, 2.75) is 64.2 Å². The van der Waals surface area contributed by atoms with Crippen molar-refractivity contribution < 1.29 is 37.4 Å². The number of aliphatic carboxylic acids is 1. The Labute approximate surface area is 231 Å². The Bertz CT molecular complexity index is 1240. The molecule has 1 aliphatic carbocycles. The standard InChI is InChI=1S/C28H34N2O3.C2HF3O2/c1-20-4-3-15-29(20)16-11-21-5-7-22(8-6-21)23-9-10-25-19-30(17-12-24(25)18-23)26(31)28(13-14-28)27(32)33-2;3-2(4,5)1(6)7/h5-10,18,20H,3-4,11-17,19H2,1-2H3;(H,6,7). The quantitative estimate of drug-likeness (QED) is 0.402. The Morgan fingerprint density at radius 1 is 1.02 bits per heavy atom. The number of nitrogens with zero attached hydrogens (tertiary/aromatic N) is 2. The van der Waals surface area contributed by atoms with Crippen LogP contribution in [0.5, 0.6) is 0 Å². The van der Waals surface area contributed by atoms with E-state index in [1.807, 2.05) is 4.90 Å². The van der Waals surface area contributed by atoms with Crippen molar-refractivity contribution in [3.05, 3.63) is 59.2 Å². The molecule has 0 bridgehead atoms. The summed E-state index contributed by atoms with van der Waals surface area (Å²) in [6.07, 6.45) is 0.706. The number of hydrogen-bond donors (Lipinski definition) is 1. The second-order valence-electron chi connectivity index (χ2n) is 10.8. The van der Waals surface area contributed by atoms with Gasteiger partial charge in [-0.05, 0) is 79.8 Å². The molecule has 2 heterocycles. The fourth-order valence-corrected chi connectivity index (χ4v) is 5.50. The number of likely N-dealkylation sites (tertiary alicyclic amines) is 1. The van der Waals surface area contributed by atoms with Gasteiger partial charge in [0.2, 0.25) is 5.91 Å². The van der Waals surface area contributed by atoms with E-state index in [2.05, 4.69) is 54.3 Å². The van der Waals surface area contributed by atoms with Gasteiger partial charge in [-0.25, -0.2) is 4.79 Å². The summed E-state index contributed by atoms with van der Waals surface area (Å²) in [6.45, 7) is 5.94.